The van der Waals surface area contributed by atoms with Crippen LogP contribution in [0.25, 0.3) is 16.9 Å². The van der Waals surface area contributed by atoms with Crippen molar-refractivity contribution in [3.05, 3.63) is 70.7 Å². The van der Waals surface area contributed by atoms with Gasteiger partial charge < -0.3 is 45.5 Å². The molecule has 1 atom stereocenters. The van der Waals surface area contributed by atoms with Crippen molar-refractivity contribution in [3.63, 3.8) is 0 Å². The Morgan fingerprint density at radius 2 is 1.44 bits per heavy atom. The first-order valence-corrected chi connectivity index (χ1v) is 24.0. The molecule has 0 aliphatic carbocycles. The van der Waals surface area contributed by atoms with Crippen LogP contribution in [-0.4, -0.2) is 93.1 Å². The molecule has 0 aromatic heterocycles. The molecule has 16 heteroatoms. The maximum atomic E-state index is 15.1. The maximum Gasteiger partial charge on any atom is 0.324 e. The number of benzene rings is 2. The Hall–Kier alpha value is -2.99. The number of nitrogens with two attached hydrogens (primary N) is 2. The second-order valence-corrected chi connectivity index (χ2v) is 21.1. The van der Waals surface area contributed by atoms with Crippen molar-refractivity contribution in [1.82, 2.24) is 21.2 Å². The fourth-order valence-electron chi connectivity index (χ4n) is 8.63. The van der Waals surface area contributed by atoms with E-state index in [1.807, 2.05) is 123 Å². The van der Waals surface area contributed by atoms with E-state index in [4.69, 9.17) is 30.6 Å². The molecule has 1 aliphatic rings. The third-order valence-electron chi connectivity index (χ3n) is 12.9. The SMILES string of the molecule is CC.CNNC(CCCC[N-]OCCN(N)/C1=C(\N)c2ccccc2CN(C(=O)C(C)(C)CC(C)(C)NC(=O)C(C)(C)CC(C)(C)C(C)(C)OCCC(C)(C)OC)c2ccccc21)C(=O)OC.[Y]. The number of hydroxylamine groups is 1. The number of anilines is 1. The quantitative estimate of drug-likeness (QED) is 0.0261. The summed E-state index contributed by atoms with van der Waals surface area (Å²) in [4.78, 5) is 48.8. The number of carbonyl (C=O) groups is 3. The number of methoxy groups -OCH3 is 2. The van der Waals surface area contributed by atoms with Gasteiger partial charge in [-0.3, -0.25) is 19.8 Å². The Balaban J connectivity index is 0.00000760. The monoisotopic (exact) mass is 1030 g/mol. The fourth-order valence-corrected chi connectivity index (χ4v) is 8.63. The molecule has 0 saturated carbocycles. The smallest absolute Gasteiger partial charge is 0.324 e. The fraction of sp³-hybridized carbons (Fsp3) is 0.673. The third-order valence-corrected chi connectivity index (χ3v) is 12.9. The van der Waals surface area contributed by atoms with Gasteiger partial charge >= 0.3 is 5.97 Å². The van der Waals surface area contributed by atoms with E-state index >= 15 is 4.79 Å². The van der Waals surface area contributed by atoms with E-state index in [9.17, 15) is 9.59 Å². The predicted octanol–water partition coefficient (Wildman–Crippen LogP) is 8.62. The van der Waals surface area contributed by atoms with Gasteiger partial charge in [-0.1, -0.05) is 111 Å². The molecule has 7 N–H and O–H groups in total. The van der Waals surface area contributed by atoms with Gasteiger partial charge in [-0.15, -0.1) is 6.54 Å². The van der Waals surface area contributed by atoms with Gasteiger partial charge in [-0.25, -0.2) is 11.3 Å². The van der Waals surface area contributed by atoms with E-state index in [2.05, 4.69) is 49.3 Å². The van der Waals surface area contributed by atoms with Crippen molar-refractivity contribution >= 4 is 34.9 Å². The standard InChI is InChI=1S/C50H83N8O7.C2H6.Y/c1-45(2,33-47(5,6)50(11,12)64-30-27-49(9,10)63-15)43(60)55-48(7,8)34-46(3,4)44(61)57-32-35-22-16-17-23-36(35)40(51)41(37-24-18-19-26-39(37)57)58(52)29-31-65-54-28-21-20-25-38(56-53-13)42(59)62-14;1-2;/h16-19,22-24,26,38,53,56H,20-21,25,27-34,51-52H2,1-15H3,(H,55,60);1-2H3;/q-1;;/b41-40-;;. The van der Waals surface area contributed by atoms with Crippen molar-refractivity contribution in [3.8, 4) is 0 Å². The first-order chi connectivity index (χ1) is 31.2. The van der Waals surface area contributed by atoms with Gasteiger partial charge in [-0.2, -0.15) is 0 Å². The van der Waals surface area contributed by atoms with Crippen LogP contribution in [0.4, 0.5) is 5.69 Å². The van der Waals surface area contributed by atoms with Crippen LogP contribution in [0, 0.1) is 16.2 Å². The summed E-state index contributed by atoms with van der Waals surface area (Å²) in [6, 6.07) is 15.0. The largest absolute Gasteiger partial charge is 0.534 e. The Labute approximate surface area is 435 Å². The van der Waals surface area contributed by atoms with Gasteiger partial charge in [0.05, 0.1) is 55.1 Å². The Morgan fingerprint density at radius 3 is 2.04 bits per heavy atom. The minimum atomic E-state index is -0.927. The Kier molecular flexibility index (Phi) is 25.6. The number of nitrogens with zero attached hydrogens (tertiary/aromatic N) is 3. The number of carbonyl (C=O) groups excluding carboxylic acids is 3. The molecule has 3 rings (SSSR count). The molecule has 68 heavy (non-hydrogen) atoms. The average Bonchev–Trinajstić information content (AvgIpc) is 3.25. The average molecular weight is 1030 g/mol. The molecule has 0 fully saturated rings. The normalized spacial score (nSPS) is 15.1. The zero-order chi connectivity index (χ0) is 51.0. The number of para-hydroxylation sites is 1. The number of fused-ring (bicyclic) bond motifs is 2. The van der Waals surface area contributed by atoms with Crippen molar-refractivity contribution in [2.75, 3.05) is 52.5 Å². The molecule has 0 saturated heterocycles. The van der Waals surface area contributed by atoms with Crippen LogP contribution in [0.2, 0.25) is 0 Å². The summed E-state index contributed by atoms with van der Waals surface area (Å²) in [5, 5.41) is 4.89. The molecule has 2 amide bonds. The molecule has 383 valence electrons. The molecule has 1 aliphatic heterocycles. The van der Waals surface area contributed by atoms with E-state index in [1.54, 1.807) is 19.2 Å². The number of rotatable bonds is 26. The van der Waals surface area contributed by atoms with E-state index in [-0.39, 0.29) is 81.2 Å². The predicted molar refractivity (Wildman–Crippen MR) is 272 cm³/mol. The molecular formula is C52H89N8O7Y-. The van der Waals surface area contributed by atoms with Crippen LogP contribution in [-0.2, 0) is 72.7 Å². The van der Waals surface area contributed by atoms with Gasteiger partial charge in [0.25, 0.3) is 0 Å². The van der Waals surface area contributed by atoms with Gasteiger partial charge in [0.1, 0.15) is 6.04 Å². The molecule has 2 aromatic carbocycles. The zero-order valence-corrected chi connectivity index (χ0v) is 47.7. The summed E-state index contributed by atoms with van der Waals surface area (Å²) in [6.07, 6.45) is 3.72. The molecule has 1 heterocycles. The number of amides is 2. The minimum Gasteiger partial charge on any atom is -0.534 e. The maximum absolute atomic E-state index is 15.1. The van der Waals surface area contributed by atoms with E-state index < -0.39 is 28.0 Å². The summed E-state index contributed by atoms with van der Waals surface area (Å²) in [7, 11) is 4.78. The van der Waals surface area contributed by atoms with Crippen LogP contribution in [0.3, 0.4) is 0 Å². The van der Waals surface area contributed by atoms with E-state index in [1.165, 1.54) is 7.11 Å². The number of hydrogen-bond donors (Lipinski definition) is 5. The van der Waals surface area contributed by atoms with Gasteiger partial charge in [-0.05, 0) is 91.3 Å². The molecule has 1 radical (unpaired) electrons. The minimum absolute atomic E-state index is 0. The van der Waals surface area contributed by atoms with Gasteiger partial charge in [0, 0.05) is 73.9 Å². The van der Waals surface area contributed by atoms with Crippen LogP contribution >= 0.6 is 0 Å². The van der Waals surface area contributed by atoms with Crippen LogP contribution < -0.4 is 32.6 Å². The number of esters is 1. The molecule has 2 aromatic rings. The number of unbranched alkanes of at least 4 members (excludes halogenated alkanes) is 1. The molecule has 0 bridgehead atoms. The number of hydrogen-bond acceptors (Lipinski definition) is 12. The van der Waals surface area contributed by atoms with Crippen LogP contribution in [0.5, 0.6) is 0 Å². The van der Waals surface area contributed by atoms with Gasteiger partial charge in [0.15, 0.2) is 0 Å². The third kappa shape index (κ3) is 18.0. The first-order valence-electron chi connectivity index (χ1n) is 24.0. The summed E-state index contributed by atoms with van der Waals surface area (Å²) >= 11 is 0. The summed E-state index contributed by atoms with van der Waals surface area (Å²) in [5.41, 5.74) is 17.4. The number of hydrazine groups is 2. The second kappa shape index (κ2) is 27.6. The second-order valence-electron chi connectivity index (χ2n) is 21.1. The van der Waals surface area contributed by atoms with Crippen LogP contribution in [0.1, 0.15) is 152 Å². The number of ether oxygens (including phenoxy) is 3. The topological polar surface area (TPSA) is 197 Å². The summed E-state index contributed by atoms with van der Waals surface area (Å²) < 4.78 is 16.9. The van der Waals surface area contributed by atoms with Crippen molar-refractivity contribution in [2.45, 2.75) is 165 Å². The van der Waals surface area contributed by atoms with Crippen LogP contribution in [0.15, 0.2) is 48.5 Å². The molecular weight excluding hydrogens is 938 g/mol. The summed E-state index contributed by atoms with van der Waals surface area (Å²) in [6.45, 7) is 30.1. The van der Waals surface area contributed by atoms with E-state index in [0.717, 1.165) is 30.4 Å². The van der Waals surface area contributed by atoms with Gasteiger partial charge in [0.2, 0.25) is 11.8 Å². The van der Waals surface area contributed by atoms with E-state index in [0.29, 0.717) is 55.1 Å². The number of nitrogens with one attached hydrogen (secondary N) is 3. The Bertz CT molecular complexity index is 1930. The Morgan fingerprint density at radius 1 is 0.838 bits per heavy atom. The summed E-state index contributed by atoms with van der Waals surface area (Å²) in [5.74, 6) is 6.31. The zero-order valence-electron chi connectivity index (χ0n) is 44.9. The van der Waals surface area contributed by atoms with Crippen molar-refractivity contribution in [1.29, 1.82) is 0 Å². The molecule has 15 nitrogen and oxygen atoms in total. The molecule has 0 spiro atoms. The first kappa shape index (κ1) is 63.0. The van der Waals surface area contributed by atoms with Crippen molar-refractivity contribution in [2.24, 2.45) is 27.8 Å². The molecule has 1 unspecified atom stereocenters. The van der Waals surface area contributed by atoms with Crippen molar-refractivity contribution < 1.29 is 66.1 Å².